The molecule has 15 heteroatoms. The van der Waals surface area contributed by atoms with Gasteiger partial charge < -0.3 is 35.7 Å². The molecule has 0 bridgehead atoms. The number of hydrogen-bond acceptors (Lipinski definition) is 11. The van der Waals surface area contributed by atoms with Crippen LogP contribution in [-0.2, 0) is 28.8 Å². The molecule has 2 amide bonds. The van der Waals surface area contributed by atoms with E-state index in [1.807, 2.05) is 0 Å². The highest BCUT2D eigenvalue weighted by molar-refractivity contribution is 8.00. The zero-order valence-electron chi connectivity index (χ0n) is 15.4. The highest BCUT2D eigenvalue weighted by Gasteiger charge is 2.58. The number of aromatic nitrogens is 1. The number of carboxylic acid groups (broad SMARTS) is 2. The molecule has 0 spiro atoms. The van der Waals surface area contributed by atoms with Crippen molar-refractivity contribution in [3.05, 3.63) is 11.1 Å². The van der Waals surface area contributed by atoms with Gasteiger partial charge in [0, 0.05) is 18.2 Å². The topological polar surface area (TPSA) is 194 Å². The van der Waals surface area contributed by atoms with Crippen molar-refractivity contribution < 1.29 is 39.0 Å². The molecule has 3 heterocycles. The number of carboxylic acids is 2. The van der Waals surface area contributed by atoms with Crippen molar-refractivity contribution in [2.45, 2.75) is 17.0 Å². The van der Waals surface area contributed by atoms with E-state index in [-0.39, 0.29) is 28.8 Å². The summed E-state index contributed by atoms with van der Waals surface area (Å²) in [7, 11) is 1.26. The first-order chi connectivity index (χ1) is 14.2. The monoisotopic (exact) mass is 459 g/mol. The fraction of sp³-hybridized carbons (Fsp3) is 0.467. The van der Waals surface area contributed by atoms with E-state index >= 15 is 0 Å². The highest BCUT2D eigenvalue weighted by Crippen LogP contribution is 2.39. The van der Waals surface area contributed by atoms with Gasteiger partial charge in [-0.15, -0.1) is 23.1 Å². The summed E-state index contributed by atoms with van der Waals surface area (Å²) in [6.07, 6.45) is 0. The first-order valence-electron chi connectivity index (χ1n) is 8.33. The predicted octanol–water partition coefficient (Wildman–Crippen LogP) is -1.60. The normalized spacial score (nSPS) is 25.8. The van der Waals surface area contributed by atoms with Gasteiger partial charge >= 0.3 is 11.9 Å². The SMILES string of the molecule is COC1(C(=O)O)CS[C@@H]2C(NC(=O)C(=NOCC(=O)O)c3csc(N)n3)C(=O)N2C1. The van der Waals surface area contributed by atoms with Crippen LogP contribution >= 0.6 is 23.1 Å². The van der Waals surface area contributed by atoms with Crippen LogP contribution in [-0.4, -0.2) is 92.6 Å². The Balaban J connectivity index is 1.72. The molecule has 3 atom stereocenters. The average Bonchev–Trinajstić information content (AvgIpc) is 3.14. The molecule has 2 aliphatic heterocycles. The molecule has 3 rings (SSSR count). The van der Waals surface area contributed by atoms with E-state index in [4.69, 9.17) is 15.6 Å². The summed E-state index contributed by atoms with van der Waals surface area (Å²) in [5.74, 6) is -3.68. The number of thioether (sulfide) groups is 1. The number of aliphatic carboxylic acids is 2. The summed E-state index contributed by atoms with van der Waals surface area (Å²) in [6.45, 7) is -0.924. The number of ether oxygens (including phenoxy) is 1. The zero-order chi connectivity index (χ0) is 22.1. The summed E-state index contributed by atoms with van der Waals surface area (Å²) in [5, 5.41) is 25.2. The summed E-state index contributed by atoms with van der Waals surface area (Å²) in [4.78, 5) is 57.2. The lowest BCUT2D eigenvalue weighted by molar-refractivity contribution is -0.170. The van der Waals surface area contributed by atoms with E-state index in [1.165, 1.54) is 17.4 Å². The number of nitrogens with two attached hydrogens (primary N) is 1. The Morgan fingerprint density at radius 2 is 2.20 bits per heavy atom. The van der Waals surface area contributed by atoms with Gasteiger partial charge in [-0.05, 0) is 0 Å². The lowest BCUT2D eigenvalue weighted by atomic mass is 9.99. The number of carbonyl (C=O) groups excluding carboxylic acids is 2. The van der Waals surface area contributed by atoms with Gasteiger partial charge in [0.2, 0.25) is 12.5 Å². The Labute approximate surface area is 177 Å². The second-order valence-corrected chi connectivity index (χ2v) is 8.30. The summed E-state index contributed by atoms with van der Waals surface area (Å²) < 4.78 is 5.12. The molecule has 2 saturated heterocycles. The van der Waals surface area contributed by atoms with E-state index in [9.17, 15) is 24.3 Å². The Morgan fingerprint density at radius 1 is 1.47 bits per heavy atom. The Kier molecular flexibility index (Phi) is 6.14. The number of β-lactam (4-membered cyclic amide) rings is 1. The number of carbonyl (C=O) groups is 4. The van der Waals surface area contributed by atoms with Crippen LogP contribution in [0, 0.1) is 0 Å². The lowest BCUT2D eigenvalue weighted by Crippen LogP contribution is -2.75. The van der Waals surface area contributed by atoms with Gasteiger partial charge in [-0.25, -0.2) is 14.6 Å². The number of thiazole rings is 1. The predicted molar refractivity (Wildman–Crippen MR) is 104 cm³/mol. The van der Waals surface area contributed by atoms with Crippen LogP contribution in [0.1, 0.15) is 5.69 Å². The van der Waals surface area contributed by atoms with Crippen LogP contribution in [0.15, 0.2) is 10.5 Å². The zero-order valence-corrected chi connectivity index (χ0v) is 17.1. The van der Waals surface area contributed by atoms with Gasteiger partial charge in [-0.3, -0.25) is 9.59 Å². The second-order valence-electron chi connectivity index (χ2n) is 6.30. The molecule has 5 N–H and O–H groups in total. The third kappa shape index (κ3) is 4.03. The summed E-state index contributed by atoms with van der Waals surface area (Å²) >= 11 is 2.20. The fourth-order valence-electron chi connectivity index (χ4n) is 2.85. The maximum atomic E-state index is 12.7. The van der Waals surface area contributed by atoms with Gasteiger partial charge in [0.05, 0.1) is 6.54 Å². The molecule has 0 aromatic carbocycles. The minimum atomic E-state index is -1.51. The number of methoxy groups -OCH3 is 1. The molecule has 1 aromatic rings. The van der Waals surface area contributed by atoms with Gasteiger partial charge in [-0.1, -0.05) is 5.16 Å². The van der Waals surface area contributed by atoms with Crippen molar-refractivity contribution in [3.8, 4) is 0 Å². The average molecular weight is 459 g/mol. The quantitative estimate of drug-likeness (QED) is 0.199. The summed E-state index contributed by atoms with van der Waals surface area (Å²) in [6, 6.07) is -0.924. The van der Waals surface area contributed by atoms with Crippen LogP contribution in [0.5, 0.6) is 0 Å². The fourth-order valence-corrected chi connectivity index (χ4v) is 4.91. The largest absolute Gasteiger partial charge is 0.479 e. The smallest absolute Gasteiger partial charge is 0.344 e. The van der Waals surface area contributed by atoms with Crippen molar-refractivity contribution in [1.29, 1.82) is 0 Å². The standard InChI is InChI=1S/C15H17N5O8S2/c1-27-15(13(25)26)4-20-11(24)9(12(20)30-5-15)18-10(23)8(19-28-2-7(21)22)6-3-29-14(16)17-6/h3,9,12H,2,4-5H2,1H3,(H2,16,17)(H,18,23)(H,21,22)(H,25,26)/t9?,12-,15?/m1/s1. The van der Waals surface area contributed by atoms with E-state index in [0.29, 0.717) is 0 Å². The Hall–Kier alpha value is -2.91. The number of nitrogen functional groups attached to an aromatic ring is 1. The van der Waals surface area contributed by atoms with Gasteiger partial charge in [0.25, 0.3) is 5.91 Å². The highest BCUT2D eigenvalue weighted by atomic mass is 32.2. The first-order valence-corrected chi connectivity index (χ1v) is 10.3. The maximum absolute atomic E-state index is 12.7. The van der Waals surface area contributed by atoms with E-state index in [1.54, 1.807) is 0 Å². The maximum Gasteiger partial charge on any atom is 0.344 e. The van der Waals surface area contributed by atoms with Gasteiger partial charge in [0.15, 0.2) is 16.4 Å². The van der Waals surface area contributed by atoms with Crippen molar-refractivity contribution in [2.75, 3.05) is 31.7 Å². The molecule has 0 saturated carbocycles. The third-order valence-electron chi connectivity index (χ3n) is 4.45. The molecule has 162 valence electrons. The van der Waals surface area contributed by atoms with Gasteiger partial charge in [-0.2, -0.15) is 0 Å². The molecule has 1 aromatic heterocycles. The molecule has 2 unspecified atom stereocenters. The molecule has 0 aliphatic carbocycles. The minimum Gasteiger partial charge on any atom is -0.479 e. The van der Waals surface area contributed by atoms with Crippen LogP contribution < -0.4 is 11.1 Å². The lowest BCUT2D eigenvalue weighted by Gasteiger charge is -2.53. The van der Waals surface area contributed by atoms with E-state index in [0.717, 1.165) is 23.1 Å². The van der Waals surface area contributed by atoms with Crippen molar-refractivity contribution in [1.82, 2.24) is 15.2 Å². The molecule has 13 nitrogen and oxygen atoms in total. The number of nitrogens with zero attached hydrogens (tertiary/aromatic N) is 3. The molecule has 2 aliphatic rings. The number of nitrogens with one attached hydrogen (secondary N) is 1. The number of oxime groups is 1. The minimum absolute atomic E-state index is 0.0598. The number of hydrogen-bond donors (Lipinski definition) is 4. The molecular formula is C15H17N5O8S2. The summed E-state index contributed by atoms with van der Waals surface area (Å²) in [5.41, 5.74) is 3.77. The number of rotatable bonds is 8. The molecule has 2 fully saturated rings. The van der Waals surface area contributed by atoms with E-state index < -0.39 is 47.4 Å². The van der Waals surface area contributed by atoms with Crippen molar-refractivity contribution in [2.24, 2.45) is 5.16 Å². The van der Waals surface area contributed by atoms with Crippen molar-refractivity contribution in [3.63, 3.8) is 0 Å². The van der Waals surface area contributed by atoms with Crippen LogP contribution in [0.4, 0.5) is 5.13 Å². The molecule has 30 heavy (non-hydrogen) atoms. The third-order valence-corrected chi connectivity index (χ3v) is 6.62. The van der Waals surface area contributed by atoms with Crippen LogP contribution in [0.3, 0.4) is 0 Å². The number of anilines is 1. The van der Waals surface area contributed by atoms with Gasteiger partial charge in [0.1, 0.15) is 17.1 Å². The Bertz CT molecular complexity index is 921. The van der Waals surface area contributed by atoms with E-state index in [2.05, 4.69) is 20.3 Å². The number of fused-ring (bicyclic) bond motifs is 1. The second kappa shape index (κ2) is 8.45. The van der Waals surface area contributed by atoms with Crippen LogP contribution in [0.25, 0.3) is 0 Å². The molecule has 0 radical (unpaired) electrons. The van der Waals surface area contributed by atoms with Crippen LogP contribution in [0.2, 0.25) is 0 Å². The van der Waals surface area contributed by atoms with Crippen molar-refractivity contribution >= 4 is 57.7 Å². The Morgan fingerprint density at radius 3 is 2.77 bits per heavy atom. The number of amides is 2. The first kappa shape index (κ1) is 21.8. The molecular weight excluding hydrogens is 442 g/mol.